The molecule has 1 fully saturated rings. The molecule has 5 rings (SSSR count). The Morgan fingerprint density at radius 2 is 1.88 bits per heavy atom. The van der Waals surface area contributed by atoms with Crippen molar-refractivity contribution < 1.29 is 19.0 Å². The molecule has 176 valence electrons. The lowest BCUT2D eigenvalue weighted by Gasteiger charge is -2.29. The summed E-state index contributed by atoms with van der Waals surface area (Å²) in [7, 11) is 1.53. The zero-order chi connectivity index (χ0) is 22.6. The standard InChI is InChI=1S/C24H23N5O4.CH4/c1-31-20-8-3-2-7-19(20)24(30)26-21-16-29-22(25-21)9-10-23(27-29)33-18-6-4-5-17(15-18)28-11-13-32-14-12-28;/h2-10,15-16H,11-14H2,1H3,(H,26,30);1H4. The number of amides is 1. The van der Waals surface area contributed by atoms with Gasteiger partial charge in [-0.05, 0) is 30.3 Å². The first-order valence-corrected chi connectivity index (χ1v) is 10.6. The van der Waals surface area contributed by atoms with Crippen LogP contribution >= 0.6 is 0 Å². The van der Waals surface area contributed by atoms with Crippen molar-refractivity contribution in [3.63, 3.8) is 0 Å². The Kier molecular flexibility index (Phi) is 6.93. The van der Waals surface area contributed by atoms with Gasteiger partial charge >= 0.3 is 0 Å². The first kappa shape index (κ1) is 23.1. The zero-order valence-electron chi connectivity index (χ0n) is 18.1. The van der Waals surface area contributed by atoms with Gasteiger partial charge in [-0.1, -0.05) is 25.6 Å². The molecule has 0 atom stereocenters. The van der Waals surface area contributed by atoms with Crippen molar-refractivity contribution in [1.82, 2.24) is 14.6 Å². The van der Waals surface area contributed by atoms with Gasteiger partial charge in [0.25, 0.3) is 5.91 Å². The molecule has 3 heterocycles. The van der Waals surface area contributed by atoms with Crippen LogP contribution in [0.25, 0.3) is 5.65 Å². The van der Waals surface area contributed by atoms with Crippen molar-refractivity contribution >= 4 is 23.1 Å². The van der Waals surface area contributed by atoms with Gasteiger partial charge in [0.1, 0.15) is 11.5 Å². The number of benzene rings is 2. The summed E-state index contributed by atoms with van der Waals surface area (Å²) >= 11 is 0. The lowest BCUT2D eigenvalue weighted by molar-refractivity contribution is 0.102. The molecule has 1 aliphatic heterocycles. The molecule has 9 heteroatoms. The van der Waals surface area contributed by atoms with Crippen molar-refractivity contribution in [1.29, 1.82) is 0 Å². The predicted molar refractivity (Wildman–Crippen MR) is 130 cm³/mol. The van der Waals surface area contributed by atoms with E-state index in [9.17, 15) is 4.79 Å². The van der Waals surface area contributed by atoms with Crippen LogP contribution in [0.1, 0.15) is 17.8 Å². The van der Waals surface area contributed by atoms with E-state index in [-0.39, 0.29) is 13.3 Å². The lowest BCUT2D eigenvalue weighted by atomic mass is 10.2. The monoisotopic (exact) mass is 461 g/mol. The molecule has 0 aliphatic carbocycles. The van der Waals surface area contributed by atoms with Crippen LogP contribution in [0, 0.1) is 0 Å². The molecule has 1 amide bonds. The first-order chi connectivity index (χ1) is 16.2. The highest BCUT2D eigenvalue weighted by Gasteiger charge is 2.15. The van der Waals surface area contributed by atoms with Gasteiger partial charge in [0.2, 0.25) is 5.88 Å². The van der Waals surface area contributed by atoms with E-state index in [4.69, 9.17) is 14.2 Å². The van der Waals surface area contributed by atoms with Gasteiger partial charge < -0.3 is 24.4 Å². The second-order valence-electron chi connectivity index (χ2n) is 7.45. The number of hydrogen-bond acceptors (Lipinski definition) is 7. The van der Waals surface area contributed by atoms with Crippen molar-refractivity contribution in [2.24, 2.45) is 0 Å². The third-order valence-corrected chi connectivity index (χ3v) is 5.31. The third-order valence-electron chi connectivity index (χ3n) is 5.31. The summed E-state index contributed by atoms with van der Waals surface area (Å²) in [6, 6.07) is 18.4. The Labute approximate surface area is 197 Å². The number of fused-ring (bicyclic) bond motifs is 1. The van der Waals surface area contributed by atoms with Crippen molar-refractivity contribution in [3.8, 4) is 17.4 Å². The number of methoxy groups -OCH3 is 1. The minimum Gasteiger partial charge on any atom is -0.496 e. The number of aromatic nitrogens is 3. The van der Waals surface area contributed by atoms with Gasteiger partial charge in [-0.15, -0.1) is 5.10 Å². The Hall–Kier alpha value is -4.11. The fourth-order valence-electron chi connectivity index (χ4n) is 3.68. The number of rotatable bonds is 6. The predicted octanol–water partition coefficient (Wildman–Crippen LogP) is 4.26. The number of hydrogen-bond donors (Lipinski definition) is 1. The second kappa shape index (κ2) is 10.2. The number of carbonyl (C=O) groups is 1. The Morgan fingerprint density at radius 1 is 1.06 bits per heavy atom. The summed E-state index contributed by atoms with van der Waals surface area (Å²) in [5.74, 6) is 1.67. The molecule has 0 spiro atoms. The highest BCUT2D eigenvalue weighted by molar-refractivity contribution is 6.05. The summed E-state index contributed by atoms with van der Waals surface area (Å²) in [6.45, 7) is 3.15. The average Bonchev–Trinajstić information content (AvgIpc) is 3.26. The summed E-state index contributed by atoms with van der Waals surface area (Å²) < 4.78 is 18.2. The number of imidazole rings is 1. The van der Waals surface area contributed by atoms with E-state index in [1.54, 1.807) is 41.0 Å². The normalized spacial score (nSPS) is 13.3. The Morgan fingerprint density at radius 3 is 2.71 bits per heavy atom. The minimum absolute atomic E-state index is 0. The molecule has 1 aliphatic rings. The fraction of sp³-hybridized carbons (Fsp3) is 0.240. The molecule has 2 aromatic carbocycles. The van der Waals surface area contributed by atoms with E-state index in [1.807, 2.05) is 24.3 Å². The van der Waals surface area contributed by atoms with Crippen LogP contribution in [0.4, 0.5) is 11.5 Å². The Balaban J connectivity index is 0.00000274. The van der Waals surface area contributed by atoms with Crippen LogP contribution in [-0.4, -0.2) is 53.9 Å². The molecule has 1 N–H and O–H groups in total. The van der Waals surface area contributed by atoms with Crippen LogP contribution < -0.4 is 19.7 Å². The molecule has 0 radical (unpaired) electrons. The SMILES string of the molecule is C.COc1ccccc1C(=O)Nc1cn2nc(Oc3cccc(N4CCOCC4)c3)ccc2n1. The third kappa shape index (κ3) is 4.94. The van der Waals surface area contributed by atoms with Gasteiger partial charge in [0.05, 0.1) is 32.1 Å². The van der Waals surface area contributed by atoms with E-state index >= 15 is 0 Å². The van der Waals surface area contributed by atoms with Crippen LogP contribution in [0.5, 0.6) is 17.4 Å². The van der Waals surface area contributed by atoms with Gasteiger partial charge in [-0.2, -0.15) is 0 Å². The molecule has 4 aromatic rings. The van der Waals surface area contributed by atoms with E-state index in [0.717, 1.165) is 32.0 Å². The molecular formula is C25H27N5O4. The van der Waals surface area contributed by atoms with Gasteiger partial charge in [0, 0.05) is 30.9 Å². The van der Waals surface area contributed by atoms with Gasteiger partial charge in [-0.3, -0.25) is 4.79 Å². The van der Waals surface area contributed by atoms with Crippen LogP contribution in [0.3, 0.4) is 0 Å². The lowest BCUT2D eigenvalue weighted by Crippen LogP contribution is -2.36. The van der Waals surface area contributed by atoms with Gasteiger partial charge in [-0.25, -0.2) is 9.50 Å². The van der Waals surface area contributed by atoms with Crippen LogP contribution in [-0.2, 0) is 4.74 Å². The maximum atomic E-state index is 12.6. The Bertz CT molecular complexity index is 1280. The fourth-order valence-corrected chi connectivity index (χ4v) is 3.68. The highest BCUT2D eigenvalue weighted by atomic mass is 16.5. The topological polar surface area (TPSA) is 90.2 Å². The summed E-state index contributed by atoms with van der Waals surface area (Å²) in [5.41, 5.74) is 2.09. The molecule has 2 aromatic heterocycles. The van der Waals surface area contributed by atoms with Gasteiger partial charge in [0.15, 0.2) is 11.5 Å². The number of carbonyl (C=O) groups excluding carboxylic acids is 1. The first-order valence-electron chi connectivity index (χ1n) is 10.6. The van der Waals surface area contributed by atoms with E-state index in [1.165, 1.54) is 7.11 Å². The van der Waals surface area contributed by atoms with Crippen LogP contribution in [0.15, 0.2) is 66.9 Å². The number of morpholine rings is 1. The summed E-state index contributed by atoms with van der Waals surface area (Å²) in [4.78, 5) is 19.3. The second-order valence-corrected chi connectivity index (χ2v) is 7.45. The van der Waals surface area contributed by atoms with E-state index in [2.05, 4.69) is 26.4 Å². The highest BCUT2D eigenvalue weighted by Crippen LogP contribution is 2.26. The minimum atomic E-state index is -0.313. The zero-order valence-corrected chi connectivity index (χ0v) is 18.1. The number of anilines is 2. The quantitative estimate of drug-likeness (QED) is 0.459. The van der Waals surface area contributed by atoms with E-state index < -0.39 is 0 Å². The van der Waals surface area contributed by atoms with Crippen LogP contribution in [0.2, 0.25) is 0 Å². The summed E-state index contributed by atoms with van der Waals surface area (Å²) in [6.07, 6.45) is 1.64. The number of nitrogens with zero attached hydrogens (tertiary/aromatic N) is 4. The number of para-hydroxylation sites is 1. The molecule has 0 bridgehead atoms. The largest absolute Gasteiger partial charge is 0.496 e. The molecular weight excluding hydrogens is 434 g/mol. The van der Waals surface area contributed by atoms with Crippen molar-refractivity contribution in [2.75, 3.05) is 43.6 Å². The number of nitrogens with one attached hydrogen (secondary N) is 1. The molecule has 0 unspecified atom stereocenters. The van der Waals surface area contributed by atoms with E-state index in [0.29, 0.717) is 34.4 Å². The molecule has 34 heavy (non-hydrogen) atoms. The van der Waals surface area contributed by atoms with Crippen molar-refractivity contribution in [2.45, 2.75) is 7.43 Å². The van der Waals surface area contributed by atoms with Crippen molar-refractivity contribution in [3.05, 3.63) is 72.4 Å². The smallest absolute Gasteiger partial charge is 0.260 e. The summed E-state index contributed by atoms with van der Waals surface area (Å²) in [5, 5.41) is 7.26. The molecule has 0 saturated carbocycles. The number of ether oxygens (including phenoxy) is 3. The maximum absolute atomic E-state index is 12.6. The average molecular weight is 462 g/mol. The maximum Gasteiger partial charge on any atom is 0.260 e. The molecule has 9 nitrogen and oxygen atoms in total. The molecule has 1 saturated heterocycles.